The van der Waals surface area contributed by atoms with E-state index in [1.165, 1.54) is 13.2 Å². The molecule has 30 heavy (non-hydrogen) atoms. The number of benzene rings is 1. The first-order valence-electron chi connectivity index (χ1n) is 9.52. The third-order valence-corrected chi connectivity index (χ3v) is 5.24. The number of nitrogens with two attached hydrogens (primary N) is 1. The smallest absolute Gasteiger partial charge is 0.234 e. The Morgan fingerprint density at radius 2 is 1.73 bits per heavy atom. The van der Waals surface area contributed by atoms with Crippen LogP contribution in [0.5, 0.6) is 23.0 Å². The molecule has 0 bridgehead atoms. The minimum absolute atomic E-state index is 0.143. The molecule has 3 N–H and O–H groups in total. The first-order chi connectivity index (χ1) is 14.5. The van der Waals surface area contributed by atoms with Crippen molar-refractivity contribution in [2.45, 2.75) is 18.9 Å². The summed E-state index contributed by atoms with van der Waals surface area (Å²) in [7, 11) is 6.10. The second-order valence-corrected chi connectivity index (χ2v) is 6.82. The van der Waals surface area contributed by atoms with E-state index in [1.54, 1.807) is 33.5 Å². The zero-order valence-electron chi connectivity index (χ0n) is 17.5. The van der Waals surface area contributed by atoms with Crippen LogP contribution in [0.2, 0.25) is 0 Å². The van der Waals surface area contributed by atoms with E-state index < -0.39 is 6.04 Å². The number of aryl methyl sites for hydroxylation is 1. The zero-order valence-corrected chi connectivity index (χ0v) is 17.5. The standard InChI is InChI=1S/C22H26N2O6/c1-27-17-8-6-13-14(10-16(17)25)15(24-19(26)11-23)7-5-12-9-18(28-2)21(29-3)22(30-4)20(12)13/h6,8-10,15H,5,7,11,23H2,1-4H3,(H,24,26)/t15-/m0/s1. The summed E-state index contributed by atoms with van der Waals surface area (Å²) < 4.78 is 22.0. The third-order valence-electron chi connectivity index (χ3n) is 5.24. The van der Waals surface area contributed by atoms with E-state index in [0.29, 0.717) is 35.7 Å². The van der Waals surface area contributed by atoms with Gasteiger partial charge in [-0.3, -0.25) is 9.59 Å². The van der Waals surface area contributed by atoms with E-state index in [0.717, 1.165) is 16.7 Å². The minimum atomic E-state index is -0.407. The van der Waals surface area contributed by atoms with Gasteiger partial charge in [0.25, 0.3) is 0 Å². The number of carbonyl (C=O) groups is 1. The van der Waals surface area contributed by atoms with Gasteiger partial charge in [-0.1, -0.05) is 6.07 Å². The lowest BCUT2D eigenvalue weighted by Crippen LogP contribution is -2.34. The molecule has 0 saturated heterocycles. The van der Waals surface area contributed by atoms with Gasteiger partial charge in [0.15, 0.2) is 17.2 Å². The van der Waals surface area contributed by atoms with Crippen molar-refractivity contribution in [2.24, 2.45) is 5.73 Å². The Labute approximate surface area is 174 Å². The van der Waals surface area contributed by atoms with Gasteiger partial charge in [0.1, 0.15) is 0 Å². The van der Waals surface area contributed by atoms with E-state index in [4.69, 9.17) is 24.7 Å². The second kappa shape index (κ2) is 9.04. The number of ether oxygens (including phenoxy) is 4. The average Bonchev–Trinajstić information content (AvgIpc) is 3.00. The fraction of sp³-hybridized carbons (Fsp3) is 0.364. The maximum atomic E-state index is 12.7. The molecule has 160 valence electrons. The molecule has 1 amide bonds. The number of hydrogen-bond acceptors (Lipinski definition) is 7. The molecule has 0 aromatic heterocycles. The third kappa shape index (κ3) is 3.78. The van der Waals surface area contributed by atoms with Crippen LogP contribution < -0.4 is 35.4 Å². The predicted octanol–water partition coefficient (Wildman–Crippen LogP) is 1.81. The molecule has 0 radical (unpaired) electrons. The van der Waals surface area contributed by atoms with Crippen molar-refractivity contribution in [1.82, 2.24) is 5.32 Å². The first kappa shape index (κ1) is 21.4. The number of amides is 1. The fourth-order valence-electron chi connectivity index (χ4n) is 3.87. The number of methoxy groups -OCH3 is 4. The van der Waals surface area contributed by atoms with Crippen LogP contribution in [0.4, 0.5) is 0 Å². The Morgan fingerprint density at radius 1 is 1.03 bits per heavy atom. The molecular weight excluding hydrogens is 388 g/mol. The zero-order chi connectivity index (χ0) is 21.8. The summed E-state index contributed by atoms with van der Waals surface area (Å²) in [5.41, 5.74) is 8.36. The summed E-state index contributed by atoms with van der Waals surface area (Å²) in [5, 5.41) is 2.93. The normalized spacial score (nSPS) is 14.6. The molecule has 0 aliphatic heterocycles. The topological polar surface area (TPSA) is 109 Å². The van der Waals surface area contributed by atoms with Crippen LogP contribution in [-0.4, -0.2) is 40.9 Å². The monoisotopic (exact) mass is 414 g/mol. The van der Waals surface area contributed by atoms with Gasteiger partial charge in [-0.25, -0.2) is 0 Å². The second-order valence-electron chi connectivity index (χ2n) is 6.82. The van der Waals surface area contributed by atoms with Gasteiger partial charge < -0.3 is 30.0 Å². The minimum Gasteiger partial charge on any atom is -0.493 e. The Bertz CT molecular complexity index is 1020. The molecule has 0 fully saturated rings. The van der Waals surface area contributed by atoms with E-state index in [-0.39, 0.29) is 23.6 Å². The van der Waals surface area contributed by atoms with Gasteiger partial charge in [0.2, 0.25) is 17.1 Å². The molecule has 8 heteroatoms. The van der Waals surface area contributed by atoms with Crippen LogP contribution >= 0.6 is 0 Å². The van der Waals surface area contributed by atoms with Gasteiger partial charge in [-0.2, -0.15) is 0 Å². The molecule has 2 aromatic rings. The summed E-state index contributed by atoms with van der Waals surface area (Å²) in [6.07, 6.45) is 1.18. The number of nitrogens with one attached hydrogen (secondary N) is 1. The van der Waals surface area contributed by atoms with Crippen LogP contribution in [0.1, 0.15) is 23.6 Å². The molecule has 0 spiro atoms. The summed E-state index contributed by atoms with van der Waals surface area (Å²) in [4.78, 5) is 24.8. The van der Waals surface area contributed by atoms with Gasteiger partial charge in [-0.05, 0) is 47.7 Å². The lowest BCUT2D eigenvalue weighted by molar-refractivity contribution is -0.120. The lowest BCUT2D eigenvalue weighted by Gasteiger charge is -2.19. The number of fused-ring (bicyclic) bond motifs is 3. The van der Waals surface area contributed by atoms with Crippen LogP contribution in [0.15, 0.2) is 29.1 Å². The van der Waals surface area contributed by atoms with Crippen LogP contribution in [-0.2, 0) is 11.2 Å². The number of carbonyl (C=O) groups excluding carboxylic acids is 1. The molecule has 2 aromatic carbocycles. The van der Waals surface area contributed by atoms with Crippen molar-refractivity contribution < 1.29 is 23.7 Å². The highest BCUT2D eigenvalue weighted by molar-refractivity contribution is 5.84. The highest BCUT2D eigenvalue weighted by atomic mass is 16.5. The van der Waals surface area contributed by atoms with Gasteiger partial charge in [-0.15, -0.1) is 0 Å². The van der Waals surface area contributed by atoms with Crippen molar-refractivity contribution in [1.29, 1.82) is 0 Å². The highest BCUT2D eigenvalue weighted by Crippen LogP contribution is 2.50. The summed E-state index contributed by atoms with van der Waals surface area (Å²) in [5.74, 6) is 1.39. The Hall–Kier alpha value is -3.26. The molecule has 1 aliphatic carbocycles. The average molecular weight is 414 g/mol. The Morgan fingerprint density at radius 3 is 2.33 bits per heavy atom. The van der Waals surface area contributed by atoms with E-state index in [9.17, 15) is 9.59 Å². The van der Waals surface area contributed by atoms with Crippen molar-refractivity contribution in [3.05, 3.63) is 45.6 Å². The molecule has 0 saturated carbocycles. The molecule has 1 atom stereocenters. The van der Waals surface area contributed by atoms with E-state index in [1.807, 2.05) is 6.07 Å². The maximum Gasteiger partial charge on any atom is 0.234 e. The summed E-state index contributed by atoms with van der Waals surface area (Å²) in [6, 6.07) is 6.41. The largest absolute Gasteiger partial charge is 0.493 e. The van der Waals surface area contributed by atoms with Crippen molar-refractivity contribution in [2.75, 3.05) is 35.0 Å². The molecule has 1 aliphatic rings. The molecule has 3 rings (SSSR count). The van der Waals surface area contributed by atoms with Crippen LogP contribution in [0, 0.1) is 0 Å². The maximum absolute atomic E-state index is 12.7. The van der Waals surface area contributed by atoms with Crippen LogP contribution in [0.3, 0.4) is 0 Å². The quantitative estimate of drug-likeness (QED) is 0.742. The van der Waals surface area contributed by atoms with Gasteiger partial charge >= 0.3 is 0 Å². The lowest BCUT2D eigenvalue weighted by atomic mass is 9.95. The summed E-state index contributed by atoms with van der Waals surface area (Å²) >= 11 is 0. The van der Waals surface area contributed by atoms with Crippen molar-refractivity contribution >= 4 is 5.91 Å². The van der Waals surface area contributed by atoms with Crippen LogP contribution in [0.25, 0.3) is 11.1 Å². The SMILES string of the molecule is COc1cc2c(c(OC)c1OC)-c1ccc(OC)c(=O)cc1[C@@H](NC(=O)CN)CC2. The first-order valence-corrected chi connectivity index (χ1v) is 9.52. The molecule has 0 heterocycles. The Kier molecular flexibility index (Phi) is 6.47. The van der Waals surface area contributed by atoms with Gasteiger partial charge in [0, 0.05) is 5.56 Å². The molecule has 8 nitrogen and oxygen atoms in total. The molecular formula is C22H26N2O6. The summed E-state index contributed by atoms with van der Waals surface area (Å²) in [6.45, 7) is -0.143. The van der Waals surface area contributed by atoms with Gasteiger partial charge in [0.05, 0.1) is 41.0 Å². The van der Waals surface area contributed by atoms with E-state index >= 15 is 0 Å². The highest BCUT2D eigenvalue weighted by Gasteiger charge is 2.29. The predicted molar refractivity (Wildman–Crippen MR) is 113 cm³/mol. The number of hydrogen-bond donors (Lipinski definition) is 2. The Balaban J connectivity index is 2.38. The molecule has 0 unspecified atom stereocenters. The van der Waals surface area contributed by atoms with Crippen molar-refractivity contribution in [3.8, 4) is 34.1 Å². The van der Waals surface area contributed by atoms with E-state index in [2.05, 4.69) is 5.32 Å². The fourth-order valence-corrected chi connectivity index (χ4v) is 3.87. The van der Waals surface area contributed by atoms with Crippen molar-refractivity contribution in [3.63, 3.8) is 0 Å². The number of rotatable bonds is 6.